The molecular weight excluding hydrogens is 302 g/mol. The van der Waals surface area contributed by atoms with Crippen molar-refractivity contribution >= 4 is 0 Å². The summed E-state index contributed by atoms with van der Waals surface area (Å²) in [5.74, 6) is 0.940. The number of morpholine rings is 1. The molecule has 0 aliphatic carbocycles. The highest BCUT2D eigenvalue weighted by Crippen LogP contribution is 2.24. The van der Waals surface area contributed by atoms with Crippen molar-refractivity contribution in [1.29, 1.82) is 0 Å². The van der Waals surface area contributed by atoms with Crippen LogP contribution in [0.3, 0.4) is 0 Å². The highest BCUT2D eigenvalue weighted by Gasteiger charge is 2.21. The fourth-order valence-corrected chi connectivity index (χ4v) is 3.10. The fraction of sp³-hybridized carbons (Fsp3) is 0.700. The molecule has 1 heterocycles. The number of rotatable bonds is 11. The first-order valence-electron chi connectivity index (χ1n) is 9.51. The first-order chi connectivity index (χ1) is 11.8. The molecule has 0 radical (unpaired) electrons. The van der Waals surface area contributed by atoms with Crippen molar-refractivity contribution < 1.29 is 14.6 Å². The summed E-state index contributed by atoms with van der Waals surface area (Å²) in [4.78, 5) is 2.25. The third kappa shape index (κ3) is 6.80. The SMILES string of the molecule is CCCCCCCCOc1ccc([C@@H]2CN(CCO)CCO2)cc1. The van der Waals surface area contributed by atoms with Crippen LogP contribution in [0.4, 0.5) is 0 Å². The van der Waals surface area contributed by atoms with Crippen LogP contribution in [0, 0.1) is 0 Å². The Morgan fingerprint density at radius 3 is 2.62 bits per heavy atom. The van der Waals surface area contributed by atoms with Crippen LogP contribution in [0.2, 0.25) is 0 Å². The number of benzene rings is 1. The number of aliphatic hydroxyl groups is 1. The van der Waals surface area contributed by atoms with E-state index in [-0.39, 0.29) is 12.7 Å². The number of ether oxygens (including phenoxy) is 2. The van der Waals surface area contributed by atoms with Gasteiger partial charge in [-0.1, -0.05) is 51.2 Å². The fourth-order valence-electron chi connectivity index (χ4n) is 3.10. The molecule has 0 saturated carbocycles. The van der Waals surface area contributed by atoms with Gasteiger partial charge < -0.3 is 14.6 Å². The molecule has 4 nitrogen and oxygen atoms in total. The van der Waals surface area contributed by atoms with Gasteiger partial charge in [-0.2, -0.15) is 0 Å². The first-order valence-corrected chi connectivity index (χ1v) is 9.51. The van der Waals surface area contributed by atoms with Gasteiger partial charge >= 0.3 is 0 Å². The van der Waals surface area contributed by atoms with Gasteiger partial charge in [0.05, 0.1) is 25.9 Å². The summed E-state index contributed by atoms with van der Waals surface area (Å²) >= 11 is 0. The Bertz CT molecular complexity index is 433. The maximum Gasteiger partial charge on any atom is 0.119 e. The van der Waals surface area contributed by atoms with Crippen molar-refractivity contribution in [3.63, 3.8) is 0 Å². The summed E-state index contributed by atoms with van der Waals surface area (Å²) in [5, 5.41) is 9.08. The van der Waals surface area contributed by atoms with Crippen LogP contribution in [0.25, 0.3) is 0 Å². The largest absolute Gasteiger partial charge is 0.494 e. The molecule has 1 atom stereocenters. The molecule has 1 N–H and O–H groups in total. The molecule has 1 aliphatic heterocycles. The molecule has 1 aromatic rings. The average Bonchev–Trinajstić information content (AvgIpc) is 2.62. The van der Waals surface area contributed by atoms with E-state index in [4.69, 9.17) is 14.6 Å². The monoisotopic (exact) mass is 335 g/mol. The van der Waals surface area contributed by atoms with Crippen LogP contribution in [0.1, 0.15) is 57.1 Å². The van der Waals surface area contributed by atoms with E-state index in [9.17, 15) is 0 Å². The van der Waals surface area contributed by atoms with Crippen molar-refractivity contribution in [3.05, 3.63) is 29.8 Å². The number of hydrogen-bond acceptors (Lipinski definition) is 4. The van der Waals surface area contributed by atoms with Crippen molar-refractivity contribution in [2.75, 3.05) is 39.5 Å². The van der Waals surface area contributed by atoms with E-state index in [0.29, 0.717) is 0 Å². The zero-order valence-corrected chi connectivity index (χ0v) is 15.1. The van der Waals surface area contributed by atoms with Crippen LogP contribution < -0.4 is 4.74 Å². The van der Waals surface area contributed by atoms with Gasteiger partial charge in [-0.15, -0.1) is 0 Å². The number of nitrogens with zero attached hydrogens (tertiary/aromatic N) is 1. The molecule has 1 aliphatic rings. The molecule has 0 spiro atoms. The van der Waals surface area contributed by atoms with Crippen molar-refractivity contribution in [2.24, 2.45) is 0 Å². The Balaban J connectivity index is 1.68. The zero-order chi connectivity index (χ0) is 17.0. The summed E-state index contributed by atoms with van der Waals surface area (Å²) in [6.07, 6.45) is 7.80. The summed E-state index contributed by atoms with van der Waals surface area (Å²) < 4.78 is 11.7. The Morgan fingerprint density at radius 2 is 1.88 bits per heavy atom. The van der Waals surface area contributed by atoms with E-state index in [1.54, 1.807) is 0 Å². The molecule has 0 amide bonds. The lowest BCUT2D eigenvalue weighted by molar-refractivity contribution is -0.0338. The Kier molecular flexibility index (Phi) is 9.18. The molecule has 136 valence electrons. The Hall–Kier alpha value is -1.10. The predicted octanol–water partition coefficient (Wildman–Crippen LogP) is 3.79. The lowest BCUT2D eigenvalue weighted by Gasteiger charge is -2.32. The quantitative estimate of drug-likeness (QED) is 0.625. The highest BCUT2D eigenvalue weighted by molar-refractivity contribution is 5.29. The van der Waals surface area contributed by atoms with Gasteiger partial charge in [-0.25, -0.2) is 0 Å². The second-order valence-electron chi connectivity index (χ2n) is 6.57. The standard InChI is InChI=1S/C20H33NO3/c1-2-3-4-5-6-7-15-23-19-10-8-18(9-11-19)20-17-21(12-14-22)13-16-24-20/h8-11,20,22H,2-7,12-17H2,1H3/t20-/m0/s1. The molecule has 0 aromatic heterocycles. The van der Waals surface area contributed by atoms with Gasteiger partial charge in [0.1, 0.15) is 5.75 Å². The Morgan fingerprint density at radius 1 is 1.12 bits per heavy atom. The molecule has 4 heteroatoms. The highest BCUT2D eigenvalue weighted by atomic mass is 16.5. The summed E-state index contributed by atoms with van der Waals surface area (Å²) in [7, 11) is 0. The van der Waals surface area contributed by atoms with Crippen molar-refractivity contribution in [2.45, 2.75) is 51.6 Å². The third-order valence-electron chi connectivity index (χ3n) is 4.59. The van der Waals surface area contributed by atoms with E-state index in [1.807, 2.05) is 12.1 Å². The van der Waals surface area contributed by atoms with E-state index >= 15 is 0 Å². The maximum absolute atomic E-state index is 9.08. The van der Waals surface area contributed by atoms with Crippen LogP contribution in [-0.2, 0) is 4.74 Å². The minimum atomic E-state index is 0.0953. The molecule has 0 bridgehead atoms. The number of β-amino-alcohol motifs (C(OH)–C–C–N with tert-alkyl or cyclic N) is 1. The summed E-state index contributed by atoms with van der Waals surface area (Å²) in [6.45, 7) is 6.44. The van der Waals surface area contributed by atoms with Crippen LogP contribution >= 0.6 is 0 Å². The molecule has 2 rings (SSSR count). The zero-order valence-electron chi connectivity index (χ0n) is 15.1. The van der Waals surface area contributed by atoms with E-state index in [1.165, 1.54) is 37.7 Å². The normalized spacial score (nSPS) is 18.7. The smallest absolute Gasteiger partial charge is 0.119 e. The van der Waals surface area contributed by atoms with Crippen LogP contribution in [-0.4, -0.2) is 49.5 Å². The van der Waals surface area contributed by atoms with Crippen LogP contribution in [0.5, 0.6) is 5.75 Å². The summed E-state index contributed by atoms with van der Waals surface area (Å²) in [6, 6.07) is 8.29. The lowest BCUT2D eigenvalue weighted by atomic mass is 10.1. The van der Waals surface area contributed by atoms with E-state index in [0.717, 1.165) is 45.0 Å². The van der Waals surface area contributed by atoms with Gasteiger partial charge in [0, 0.05) is 19.6 Å². The van der Waals surface area contributed by atoms with E-state index in [2.05, 4.69) is 24.0 Å². The van der Waals surface area contributed by atoms with Gasteiger partial charge in [0.15, 0.2) is 0 Å². The Labute approximate surface area is 146 Å². The molecule has 1 aromatic carbocycles. The molecule has 1 saturated heterocycles. The van der Waals surface area contributed by atoms with Crippen molar-refractivity contribution in [1.82, 2.24) is 4.90 Å². The summed E-state index contributed by atoms with van der Waals surface area (Å²) in [5.41, 5.74) is 1.18. The second kappa shape index (κ2) is 11.5. The number of aliphatic hydroxyl groups excluding tert-OH is 1. The maximum atomic E-state index is 9.08. The van der Waals surface area contributed by atoms with Gasteiger partial charge in [0.25, 0.3) is 0 Å². The lowest BCUT2D eigenvalue weighted by Crippen LogP contribution is -2.39. The minimum Gasteiger partial charge on any atom is -0.494 e. The average molecular weight is 335 g/mol. The molecule has 1 fully saturated rings. The minimum absolute atomic E-state index is 0.0953. The molecular formula is C20H33NO3. The predicted molar refractivity (Wildman–Crippen MR) is 97.5 cm³/mol. The molecule has 0 unspecified atom stereocenters. The number of hydrogen-bond donors (Lipinski definition) is 1. The van der Waals surface area contributed by atoms with Crippen molar-refractivity contribution in [3.8, 4) is 5.75 Å². The third-order valence-corrected chi connectivity index (χ3v) is 4.59. The first kappa shape index (κ1) is 19.2. The van der Waals surface area contributed by atoms with Gasteiger partial charge in [0.2, 0.25) is 0 Å². The second-order valence-corrected chi connectivity index (χ2v) is 6.57. The van der Waals surface area contributed by atoms with E-state index < -0.39 is 0 Å². The number of unbranched alkanes of at least 4 members (excludes halogenated alkanes) is 5. The topological polar surface area (TPSA) is 41.9 Å². The molecule has 24 heavy (non-hydrogen) atoms. The van der Waals surface area contributed by atoms with Gasteiger partial charge in [-0.05, 0) is 24.1 Å². The van der Waals surface area contributed by atoms with Crippen LogP contribution in [0.15, 0.2) is 24.3 Å². The van der Waals surface area contributed by atoms with Gasteiger partial charge in [-0.3, -0.25) is 4.90 Å².